The van der Waals surface area contributed by atoms with E-state index in [2.05, 4.69) is 0 Å². The number of hydrogen-bond donors (Lipinski definition) is 6. The minimum atomic E-state index is -2.90. The number of carbonyl (C=O) groups excluding carboxylic acids is 3. The summed E-state index contributed by atoms with van der Waals surface area (Å²) in [6.45, 7) is 1.80. The molecule has 4 rings (SSSR count). The van der Waals surface area contributed by atoms with Crippen molar-refractivity contribution in [2.24, 2.45) is 17.6 Å². The normalized spacial score (nSPS) is 33.7. The fourth-order valence-corrected chi connectivity index (χ4v) is 5.87. The Kier molecular flexibility index (Phi) is 5.15. The number of amides is 1. The van der Waals surface area contributed by atoms with E-state index in [9.17, 15) is 39.9 Å². The van der Waals surface area contributed by atoms with E-state index in [0.29, 0.717) is 12.0 Å². The molecular formula is C23H26N2O8. The lowest BCUT2D eigenvalue weighted by Crippen LogP contribution is -2.70. The summed E-state index contributed by atoms with van der Waals surface area (Å²) in [6, 6.07) is 3.20. The summed E-state index contributed by atoms with van der Waals surface area (Å²) in [5, 5.41) is 55.3. The Morgan fingerprint density at radius 1 is 1.18 bits per heavy atom. The summed E-state index contributed by atoms with van der Waals surface area (Å²) in [6.07, 6.45) is -1.19. The van der Waals surface area contributed by atoms with Crippen LogP contribution in [0.3, 0.4) is 0 Å². The van der Waals surface area contributed by atoms with Gasteiger partial charge >= 0.3 is 0 Å². The van der Waals surface area contributed by atoms with Crippen molar-refractivity contribution in [2.75, 3.05) is 14.1 Å². The number of nitrogens with zero attached hydrogens (tertiary/aromatic N) is 1. The van der Waals surface area contributed by atoms with Crippen LogP contribution < -0.4 is 5.73 Å². The number of ketones is 2. The molecular weight excluding hydrogens is 432 g/mol. The Morgan fingerprint density at radius 3 is 2.36 bits per heavy atom. The number of aliphatic hydroxyl groups excluding tert-OH is 3. The van der Waals surface area contributed by atoms with Gasteiger partial charge in [0, 0.05) is 11.5 Å². The van der Waals surface area contributed by atoms with Gasteiger partial charge in [-0.15, -0.1) is 0 Å². The predicted molar refractivity (Wildman–Crippen MR) is 115 cm³/mol. The lowest BCUT2D eigenvalue weighted by molar-refractivity contribution is -0.169. The number of rotatable bonds is 3. The molecule has 0 unspecified atom stereocenters. The molecule has 3 aliphatic carbocycles. The molecule has 0 spiro atoms. The molecule has 0 heterocycles. The van der Waals surface area contributed by atoms with Gasteiger partial charge in [-0.3, -0.25) is 19.3 Å². The number of likely N-dealkylation sites (N-methyl/N-ethyl adjacent to an activating group) is 1. The summed E-state index contributed by atoms with van der Waals surface area (Å²) >= 11 is 0. The topological polar surface area (TPSA) is 182 Å². The monoisotopic (exact) mass is 458 g/mol. The fourth-order valence-electron chi connectivity index (χ4n) is 5.87. The van der Waals surface area contributed by atoms with Crippen LogP contribution in [0.15, 0.2) is 35.1 Å². The molecule has 0 aliphatic heterocycles. The first-order valence-electron chi connectivity index (χ1n) is 10.6. The number of aliphatic hydroxyl groups is 4. The molecule has 0 saturated heterocycles. The maximum atomic E-state index is 13.8. The molecule has 6 atom stereocenters. The number of benzene rings is 1. The molecule has 3 aliphatic rings. The Morgan fingerprint density at radius 2 is 1.82 bits per heavy atom. The molecule has 1 aromatic rings. The lowest BCUT2D eigenvalue weighted by Gasteiger charge is -2.54. The Hall–Kier alpha value is -3.21. The van der Waals surface area contributed by atoms with Crippen LogP contribution in [0.25, 0.3) is 5.76 Å². The van der Waals surface area contributed by atoms with Crippen molar-refractivity contribution < 1.29 is 39.9 Å². The first-order valence-corrected chi connectivity index (χ1v) is 10.6. The molecule has 1 fully saturated rings. The van der Waals surface area contributed by atoms with Crippen LogP contribution in [0.4, 0.5) is 0 Å². The highest BCUT2D eigenvalue weighted by Gasteiger charge is 2.68. The fraction of sp³-hybridized carbons (Fsp3) is 0.435. The van der Waals surface area contributed by atoms with Crippen LogP contribution in [-0.4, -0.2) is 79.7 Å². The zero-order valence-corrected chi connectivity index (χ0v) is 18.3. The van der Waals surface area contributed by atoms with Gasteiger partial charge in [-0.2, -0.15) is 0 Å². The third-order valence-electron chi connectivity index (χ3n) is 7.24. The Balaban J connectivity index is 2.08. The summed E-state index contributed by atoms with van der Waals surface area (Å²) in [7, 11) is 2.94. The molecule has 0 radical (unpaired) electrons. The molecule has 176 valence electrons. The highest BCUT2D eigenvalue weighted by Crippen LogP contribution is 2.56. The second-order valence-corrected chi connectivity index (χ2v) is 9.02. The molecule has 33 heavy (non-hydrogen) atoms. The second-order valence-electron chi connectivity index (χ2n) is 9.02. The van der Waals surface area contributed by atoms with E-state index in [1.165, 1.54) is 25.1 Å². The van der Waals surface area contributed by atoms with Gasteiger partial charge in [-0.05, 0) is 38.1 Å². The van der Waals surface area contributed by atoms with Crippen LogP contribution in [-0.2, 0) is 14.4 Å². The van der Waals surface area contributed by atoms with E-state index < -0.39 is 70.1 Å². The second kappa shape index (κ2) is 7.41. The Labute approximate surface area is 189 Å². The van der Waals surface area contributed by atoms with E-state index in [1.807, 2.05) is 0 Å². The van der Waals surface area contributed by atoms with Gasteiger partial charge in [-0.25, -0.2) is 0 Å². The van der Waals surface area contributed by atoms with E-state index in [1.54, 1.807) is 19.1 Å². The van der Waals surface area contributed by atoms with E-state index in [4.69, 9.17) is 5.73 Å². The van der Waals surface area contributed by atoms with Gasteiger partial charge in [0.2, 0.25) is 5.78 Å². The largest absolute Gasteiger partial charge is 0.508 e. The number of phenolic OH excluding ortho intramolecular Hbond substituents is 1. The standard InChI is InChI=1S/C23H26N2O8/c1-4-8-9-6-5-7-10(26)11(9)17(27)13-12(8)18(28)15-16(25(2)3)19(29)14(22(24)32)21(31)23(15,33)20(13)30/h5-8,12,15-16,18,26-28,31,33H,4H2,1-3H3,(H2,24,32)/t8-,12+,15+,16-,18-,23-/m0/s1. The van der Waals surface area contributed by atoms with Crippen molar-refractivity contribution >= 4 is 23.2 Å². The minimum Gasteiger partial charge on any atom is -0.508 e. The number of nitrogens with two attached hydrogens (primary N) is 1. The highest BCUT2D eigenvalue weighted by atomic mass is 16.4. The lowest BCUT2D eigenvalue weighted by atomic mass is 9.53. The zero-order valence-electron chi connectivity index (χ0n) is 18.3. The molecule has 0 bridgehead atoms. The molecule has 0 aromatic heterocycles. The average Bonchev–Trinajstić information content (AvgIpc) is 2.73. The van der Waals surface area contributed by atoms with E-state index in [0.717, 1.165) is 0 Å². The first-order chi connectivity index (χ1) is 15.4. The molecule has 10 heteroatoms. The van der Waals surface area contributed by atoms with Gasteiger partial charge in [0.25, 0.3) is 5.91 Å². The Bertz CT molecular complexity index is 1150. The van der Waals surface area contributed by atoms with Crippen molar-refractivity contribution in [1.82, 2.24) is 4.90 Å². The smallest absolute Gasteiger partial charge is 0.255 e. The van der Waals surface area contributed by atoms with Crippen molar-refractivity contribution in [3.05, 3.63) is 46.2 Å². The summed E-state index contributed by atoms with van der Waals surface area (Å²) in [5.74, 6) is -8.76. The van der Waals surface area contributed by atoms with E-state index >= 15 is 0 Å². The van der Waals surface area contributed by atoms with Crippen molar-refractivity contribution in [2.45, 2.75) is 37.0 Å². The quantitative estimate of drug-likeness (QED) is 0.337. The van der Waals surface area contributed by atoms with Crippen LogP contribution in [0.5, 0.6) is 5.75 Å². The maximum absolute atomic E-state index is 13.8. The molecule has 1 amide bonds. The van der Waals surface area contributed by atoms with Crippen LogP contribution in [0.2, 0.25) is 0 Å². The van der Waals surface area contributed by atoms with Crippen molar-refractivity contribution in [1.29, 1.82) is 0 Å². The molecule has 7 N–H and O–H groups in total. The van der Waals surface area contributed by atoms with Crippen molar-refractivity contribution in [3.8, 4) is 5.75 Å². The molecule has 1 aromatic carbocycles. The zero-order chi connectivity index (χ0) is 24.6. The maximum Gasteiger partial charge on any atom is 0.255 e. The number of aromatic hydroxyl groups is 1. The number of primary amides is 1. The summed E-state index contributed by atoms with van der Waals surface area (Å²) in [5.41, 5.74) is 1.56. The predicted octanol–water partition coefficient (Wildman–Crippen LogP) is -0.114. The molecule has 1 saturated carbocycles. The summed E-state index contributed by atoms with van der Waals surface area (Å²) < 4.78 is 0. The number of phenols is 1. The number of carbonyl (C=O) groups is 3. The number of hydrogen-bond acceptors (Lipinski definition) is 9. The van der Waals surface area contributed by atoms with Crippen molar-refractivity contribution in [3.63, 3.8) is 0 Å². The molecule has 10 nitrogen and oxygen atoms in total. The van der Waals surface area contributed by atoms with Gasteiger partial charge in [-0.1, -0.05) is 19.1 Å². The van der Waals surface area contributed by atoms with Gasteiger partial charge in [0.1, 0.15) is 22.8 Å². The average molecular weight is 458 g/mol. The van der Waals surface area contributed by atoms with E-state index in [-0.39, 0.29) is 16.9 Å². The van der Waals surface area contributed by atoms with Crippen LogP contribution >= 0.6 is 0 Å². The summed E-state index contributed by atoms with van der Waals surface area (Å²) in [4.78, 5) is 40.2. The van der Waals surface area contributed by atoms with Crippen LogP contribution in [0, 0.1) is 11.8 Å². The van der Waals surface area contributed by atoms with Gasteiger partial charge in [0.05, 0.1) is 23.6 Å². The third-order valence-corrected chi connectivity index (χ3v) is 7.24. The SMILES string of the molecule is CC[C@H]1c2cccc(O)c2C(O)=C2C(=O)[C@]3(O)C(O)=C(C(N)=O)C(=O)[C@@H](N(C)C)[C@@H]3[C@@H](O)[C@@H]21. The van der Waals surface area contributed by atoms with Gasteiger partial charge in [0.15, 0.2) is 11.4 Å². The highest BCUT2D eigenvalue weighted by molar-refractivity contribution is 6.24. The first kappa shape index (κ1) is 23.0. The third kappa shape index (κ3) is 2.74. The van der Waals surface area contributed by atoms with Gasteiger partial charge < -0.3 is 31.3 Å². The number of Topliss-reactive ketones (excluding diaryl/α,β-unsaturated/α-hetero) is 2. The van der Waals surface area contributed by atoms with Crippen LogP contribution in [0.1, 0.15) is 30.4 Å². The number of fused-ring (bicyclic) bond motifs is 3. The minimum absolute atomic E-state index is 0.00663.